The number of carbonyl (C=O) groups is 1. The number of hydrogen-bond acceptors (Lipinski definition) is 6. The Balaban J connectivity index is 3.93. The van der Waals surface area contributed by atoms with Gasteiger partial charge in [0.05, 0.1) is 39.9 Å². The molecule has 8 nitrogen and oxygen atoms in total. The Labute approximate surface area is 455 Å². The first kappa shape index (κ1) is 72.0. The van der Waals surface area contributed by atoms with Crippen molar-refractivity contribution in [2.75, 3.05) is 40.9 Å². The van der Waals surface area contributed by atoms with Crippen LogP contribution in [0.3, 0.4) is 0 Å². The maximum atomic E-state index is 13.0. The molecule has 0 aliphatic heterocycles. The SMILES string of the molecule is CCCCCCCCCCC/C=C/CC/C=C/C(O)C(COP(=O)([O-])OCC[N+](C)(C)C)NC(=O)CCCCCCCCCCCCCCCCCCCCCCCCCCCCCCCCCCCCCC. The van der Waals surface area contributed by atoms with Crippen molar-refractivity contribution < 1.29 is 32.9 Å². The maximum absolute atomic E-state index is 13.0. The number of quaternary nitrogens is 1. The topological polar surface area (TPSA) is 108 Å². The predicted octanol–water partition coefficient (Wildman–Crippen LogP) is 19.3. The van der Waals surface area contributed by atoms with Gasteiger partial charge in [0.2, 0.25) is 5.91 Å². The van der Waals surface area contributed by atoms with Crippen molar-refractivity contribution in [2.24, 2.45) is 0 Å². The van der Waals surface area contributed by atoms with Crippen LogP contribution in [0.4, 0.5) is 0 Å². The van der Waals surface area contributed by atoms with E-state index in [2.05, 4.69) is 31.3 Å². The number of hydrogen-bond donors (Lipinski definition) is 2. The van der Waals surface area contributed by atoms with Crippen LogP contribution in [0.5, 0.6) is 0 Å². The molecular formula is C64H127N2O6P. The van der Waals surface area contributed by atoms with Crippen LogP contribution in [-0.2, 0) is 18.4 Å². The van der Waals surface area contributed by atoms with Gasteiger partial charge in [-0.2, -0.15) is 0 Å². The number of allylic oxidation sites excluding steroid dienone is 3. The van der Waals surface area contributed by atoms with Crippen molar-refractivity contribution in [2.45, 2.75) is 341 Å². The van der Waals surface area contributed by atoms with E-state index in [0.29, 0.717) is 17.4 Å². The number of nitrogens with zero attached hydrogens (tertiary/aromatic N) is 1. The van der Waals surface area contributed by atoms with E-state index in [0.717, 1.165) is 38.5 Å². The van der Waals surface area contributed by atoms with Crippen LogP contribution in [0.1, 0.15) is 328 Å². The monoisotopic (exact) mass is 1050 g/mol. The Morgan fingerprint density at radius 2 is 0.767 bits per heavy atom. The van der Waals surface area contributed by atoms with Gasteiger partial charge in [-0.1, -0.05) is 314 Å². The maximum Gasteiger partial charge on any atom is 0.268 e. The van der Waals surface area contributed by atoms with E-state index in [1.165, 1.54) is 270 Å². The molecule has 3 atom stereocenters. The lowest BCUT2D eigenvalue weighted by Crippen LogP contribution is -2.45. The quantitative estimate of drug-likeness (QED) is 0.0272. The molecule has 0 aromatic heterocycles. The summed E-state index contributed by atoms with van der Waals surface area (Å²) < 4.78 is 23.3. The summed E-state index contributed by atoms with van der Waals surface area (Å²) in [6, 6.07) is -0.900. The van der Waals surface area contributed by atoms with Gasteiger partial charge in [0.1, 0.15) is 13.2 Å². The summed E-state index contributed by atoms with van der Waals surface area (Å²) in [5, 5.41) is 13.9. The fourth-order valence-electron chi connectivity index (χ4n) is 9.88. The first-order valence-corrected chi connectivity index (χ1v) is 33.7. The highest BCUT2D eigenvalue weighted by Gasteiger charge is 2.23. The van der Waals surface area contributed by atoms with Crippen molar-refractivity contribution in [3.05, 3.63) is 24.3 Å². The number of amides is 1. The molecular weight excluding hydrogens is 924 g/mol. The Morgan fingerprint density at radius 3 is 1.11 bits per heavy atom. The smallest absolute Gasteiger partial charge is 0.268 e. The summed E-state index contributed by atoms with van der Waals surface area (Å²) in [5.41, 5.74) is 0. The van der Waals surface area contributed by atoms with Gasteiger partial charge < -0.3 is 28.8 Å². The molecule has 0 aromatic carbocycles. The number of nitrogens with one attached hydrogen (secondary N) is 1. The van der Waals surface area contributed by atoms with Crippen molar-refractivity contribution in [3.8, 4) is 0 Å². The fourth-order valence-corrected chi connectivity index (χ4v) is 10.6. The highest BCUT2D eigenvalue weighted by Crippen LogP contribution is 2.38. The molecule has 434 valence electrons. The summed E-state index contributed by atoms with van der Waals surface area (Å²) in [6.45, 7) is 4.67. The molecule has 73 heavy (non-hydrogen) atoms. The third-order valence-corrected chi connectivity index (χ3v) is 15.9. The van der Waals surface area contributed by atoms with Crippen LogP contribution in [-0.4, -0.2) is 68.5 Å². The Hall–Kier alpha value is -1.02. The second kappa shape index (κ2) is 55.7. The average Bonchev–Trinajstić information content (AvgIpc) is 3.35. The number of phosphoric ester groups is 1. The normalized spacial score (nSPS) is 13.9. The number of carbonyl (C=O) groups excluding carboxylic acids is 1. The zero-order valence-corrected chi connectivity index (χ0v) is 50.5. The average molecular weight is 1050 g/mol. The molecule has 0 heterocycles. The lowest BCUT2D eigenvalue weighted by atomic mass is 10.0. The van der Waals surface area contributed by atoms with Crippen LogP contribution in [0.15, 0.2) is 24.3 Å². The number of unbranched alkanes of at least 4 members (excludes halogenated alkanes) is 45. The van der Waals surface area contributed by atoms with E-state index >= 15 is 0 Å². The largest absolute Gasteiger partial charge is 0.756 e. The van der Waals surface area contributed by atoms with Crippen LogP contribution in [0.25, 0.3) is 0 Å². The van der Waals surface area contributed by atoms with Crippen LogP contribution >= 0.6 is 7.82 Å². The van der Waals surface area contributed by atoms with E-state index < -0.39 is 20.0 Å². The molecule has 0 fully saturated rings. The van der Waals surface area contributed by atoms with Crippen LogP contribution < -0.4 is 10.2 Å². The minimum absolute atomic E-state index is 0.00381. The molecule has 0 aromatic rings. The number of rotatable bonds is 60. The third kappa shape index (κ3) is 58.5. The van der Waals surface area contributed by atoms with Crippen molar-refractivity contribution >= 4 is 13.7 Å². The zero-order valence-electron chi connectivity index (χ0n) is 49.6. The van der Waals surface area contributed by atoms with Crippen molar-refractivity contribution in [1.29, 1.82) is 0 Å². The van der Waals surface area contributed by atoms with E-state index in [-0.39, 0.29) is 19.1 Å². The van der Waals surface area contributed by atoms with Gasteiger partial charge in [0.15, 0.2) is 0 Å². The van der Waals surface area contributed by atoms with E-state index in [4.69, 9.17) is 9.05 Å². The fraction of sp³-hybridized carbons (Fsp3) is 0.922. The molecule has 0 rings (SSSR count). The highest BCUT2D eigenvalue weighted by atomic mass is 31.2. The van der Waals surface area contributed by atoms with E-state index in [9.17, 15) is 19.4 Å². The van der Waals surface area contributed by atoms with E-state index in [1.54, 1.807) is 6.08 Å². The number of phosphoric acid groups is 1. The van der Waals surface area contributed by atoms with Gasteiger partial charge in [0, 0.05) is 6.42 Å². The summed E-state index contributed by atoms with van der Waals surface area (Å²) >= 11 is 0. The lowest BCUT2D eigenvalue weighted by molar-refractivity contribution is -0.870. The molecule has 0 saturated carbocycles. The van der Waals surface area contributed by atoms with Crippen molar-refractivity contribution in [1.82, 2.24) is 5.32 Å². The Morgan fingerprint density at radius 1 is 0.466 bits per heavy atom. The van der Waals surface area contributed by atoms with Gasteiger partial charge in [-0.15, -0.1) is 0 Å². The lowest BCUT2D eigenvalue weighted by Gasteiger charge is -2.29. The minimum atomic E-state index is -4.60. The molecule has 1 amide bonds. The number of aliphatic hydroxyl groups is 1. The van der Waals surface area contributed by atoms with Gasteiger partial charge in [-0.05, 0) is 32.1 Å². The molecule has 9 heteroatoms. The minimum Gasteiger partial charge on any atom is -0.756 e. The molecule has 0 saturated heterocycles. The molecule has 0 spiro atoms. The van der Waals surface area contributed by atoms with Crippen molar-refractivity contribution in [3.63, 3.8) is 0 Å². The van der Waals surface area contributed by atoms with Gasteiger partial charge in [-0.3, -0.25) is 9.36 Å². The molecule has 2 N–H and O–H groups in total. The molecule has 3 unspecified atom stereocenters. The second-order valence-corrected chi connectivity index (χ2v) is 24.9. The van der Waals surface area contributed by atoms with Gasteiger partial charge in [0.25, 0.3) is 7.82 Å². The molecule has 0 aliphatic carbocycles. The first-order valence-electron chi connectivity index (χ1n) is 32.2. The zero-order chi connectivity index (χ0) is 53.5. The highest BCUT2D eigenvalue weighted by molar-refractivity contribution is 7.45. The van der Waals surface area contributed by atoms with Crippen LogP contribution in [0.2, 0.25) is 0 Å². The first-order chi connectivity index (χ1) is 35.5. The Kier molecular flexibility index (Phi) is 54.9. The number of aliphatic hydroxyl groups excluding tert-OH is 1. The standard InChI is InChI=1S/C64H127N2O6P/c1-6-8-10-12-14-16-18-20-22-23-24-25-26-27-28-29-30-31-32-33-34-35-36-37-38-39-40-41-42-44-46-48-50-52-54-56-58-64(68)65-62(61-72-73(69,70)71-60-59-66(3,4)5)63(67)57-55-53-51-49-47-45-43-21-19-17-15-13-11-9-7-2/h47,49,55,57,62-63,67H,6-46,48,50-54,56,58-61H2,1-5H3,(H-,65,68,69,70)/b49-47+,57-55+. The van der Waals surface area contributed by atoms with Crippen LogP contribution in [0, 0.1) is 0 Å². The van der Waals surface area contributed by atoms with Gasteiger partial charge in [-0.25, -0.2) is 0 Å². The van der Waals surface area contributed by atoms with E-state index in [1.807, 2.05) is 27.2 Å². The number of likely N-dealkylation sites (N-methyl/N-ethyl adjacent to an activating group) is 1. The Bertz CT molecular complexity index is 1240. The molecule has 0 aliphatic rings. The summed E-state index contributed by atoms with van der Waals surface area (Å²) in [6.07, 6.45) is 71.6. The summed E-state index contributed by atoms with van der Waals surface area (Å²) in [5.74, 6) is -0.201. The summed E-state index contributed by atoms with van der Waals surface area (Å²) in [4.78, 5) is 25.5. The van der Waals surface area contributed by atoms with Gasteiger partial charge >= 0.3 is 0 Å². The summed E-state index contributed by atoms with van der Waals surface area (Å²) in [7, 11) is 1.26. The molecule has 0 radical (unpaired) electrons. The predicted molar refractivity (Wildman–Crippen MR) is 316 cm³/mol. The third-order valence-electron chi connectivity index (χ3n) is 14.9. The second-order valence-electron chi connectivity index (χ2n) is 23.5. The molecule has 0 bridgehead atoms.